The van der Waals surface area contributed by atoms with Crippen LogP contribution in [0.1, 0.15) is 13.3 Å². The lowest BCUT2D eigenvalue weighted by molar-refractivity contribution is -0.148. The van der Waals surface area contributed by atoms with Gasteiger partial charge in [0.1, 0.15) is 0 Å². The number of rotatable bonds is 5. The Labute approximate surface area is 135 Å². The van der Waals surface area contributed by atoms with Crippen LogP contribution in [0.2, 0.25) is 0 Å². The molecule has 3 rings (SSSR count). The van der Waals surface area contributed by atoms with Crippen LogP contribution >= 0.6 is 0 Å². The molecular formula is C19H19NO3. The summed E-state index contributed by atoms with van der Waals surface area (Å²) in [5.41, 5.74) is 2.66. The first-order valence-corrected chi connectivity index (χ1v) is 7.76. The Kier molecular flexibility index (Phi) is 4.42. The van der Waals surface area contributed by atoms with Crippen molar-refractivity contribution in [1.29, 1.82) is 0 Å². The molecule has 1 N–H and O–H groups in total. The zero-order valence-corrected chi connectivity index (χ0v) is 13.0. The first-order chi connectivity index (χ1) is 11.1. The van der Waals surface area contributed by atoms with Crippen molar-refractivity contribution in [3.05, 3.63) is 54.6 Å². The lowest BCUT2D eigenvalue weighted by atomic mass is 10.0. The fourth-order valence-electron chi connectivity index (χ4n) is 2.54. The van der Waals surface area contributed by atoms with Crippen LogP contribution in [0.4, 0.5) is 5.69 Å². The Morgan fingerprint density at radius 1 is 1.09 bits per heavy atom. The second-order valence-electron chi connectivity index (χ2n) is 5.89. The molecule has 1 aliphatic rings. The minimum absolute atomic E-state index is 0.0283. The highest BCUT2D eigenvalue weighted by Crippen LogP contribution is 2.38. The third-order valence-electron chi connectivity index (χ3n) is 4.04. The maximum atomic E-state index is 12.0. The van der Waals surface area contributed by atoms with Crippen LogP contribution in [-0.2, 0) is 14.3 Å². The van der Waals surface area contributed by atoms with Gasteiger partial charge in [0.05, 0.1) is 5.92 Å². The quantitative estimate of drug-likeness (QED) is 0.860. The minimum atomic E-state index is -0.324. The monoisotopic (exact) mass is 309 g/mol. The van der Waals surface area contributed by atoms with E-state index in [0.29, 0.717) is 11.6 Å². The summed E-state index contributed by atoms with van der Waals surface area (Å²) in [5, 5.41) is 2.82. The van der Waals surface area contributed by atoms with Gasteiger partial charge in [-0.05, 0) is 24.0 Å². The topological polar surface area (TPSA) is 55.4 Å². The van der Waals surface area contributed by atoms with Crippen LogP contribution in [-0.4, -0.2) is 18.5 Å². The van der Waals surface area contributed by atoms with Gasteiger partial charge in [-0.3, -0.25) is 9.59 Å². The van der Waals surface area contributed by atoms with Crippen LogP contribution in [0.5, 0.6) is 0 Å². The molecule has 118 valence electrons. The summed E-state index contributed by atoms with van der Waals surface area (Å²) in [6.45, 7) is 1.76. The van der Waals surface area contributed by atoms with E-state index in [-0.39, 0.29) is 24.4 Å². The average Bonchev–Trinajstić information content (AvgIpc) is 3.31. The van der Waals surface area contributed by atoms with E-state index in [1.165, 1.54) is 0 Å². The summed E-state index contributed by atoms with van der Waals surface area (Å²) in [4.78, 5) is 23.7. The molecule has 23 heavy (non-hydrogen) atoms. The van der Waals surface area contributed by atoms with Crippen LogP contribution in [0, 0.1) is 11.8 Å². The highest BCUT2D eigenvalue weighted by atomic mass is 16.5. The van der Waals surface area contributed by atoms with Crippen molar-refractivity contribution < 1.29 is 14.3 Å². The summed E-state index contributed by atoms with van der Waals surface area (Å²) in [6.07, 6.45) is 0.858. The van der Waals surface area contributed by atoms with Gasteiger partial charge in [0.25, 0.3) is 5.91 Å². The van der Waals surface area contributed by atoms with Crippen molar-refractivity contribution >= 4 is 17.6 Å². The number of hydrogen-bond donors (Lipinski definition) is 1. The zero-order valence-electron chi connectivity index (χ0n) is 13.0. The van der Waals surface area contributed by atoms with Gasteiger partial charge in [0.2, 0.25) is 0 Å². The second kappa shape index (κ2) is 6.65. The first-order valence-electron chi connectivity index (χ1n) is 7.76. The molecular weight excluding hydrogens is 290 g/mol. The van der Waals surface area contributed by atoms with E-state index in [1.807, 2.05) is 61.5 Å². The van der Waals surface area contributed by atoms with Gasteiger partial charge in [-0.15, -0.1) is 0 Å². The van der Waals surface area contributed by atoms with Crippen LogP contribution in [0.25, 0.3) is 11.1 Å². The summed E-state index contributed by atoms with van der Waals surface area (Å²) < 4.78 is 5.06. The molecule has 4 heteroatoms. The normalized spacial score (nSPS) is 19.0. The van der Waals surface area contributed by atoms with E-state index in [1.54, 1.807) is 0 Å². The highest BCUT2D eigenvalue weighted by Gasteiger charge is 2.40. The number of benzene rings is 2. The molecule has 0 spiro atoms. The smallest absolute Gasteiger partial charge is 0.309 e. The maximum absolute atomic E-state index is 12.0. The van der Waals surface area contributed by atoms with Crippen molar-refractivity contribution in [2.45, 2.75) is 13.3 Å². The number of nitrogens with one attached hydrogen (secondary N) is 1. The third-order valence-corrected chi connectivity index (χ3v) is 4.04. The minimum Gasteiger partial charge on any atom is -0.455 e. The molecule has 1 fully saturated rings. The molecule has 0 bridgehead atoms. The van der Waals surface area contributed by atoms with Gasteiger partial charge in [0, 0.05) is 11.3 Å². The van der Waals surface area contributed by atoms with Gasteiger partial charge in [-0.1, -0.05) is 55.5 Å². The second-order valence-corrected chi connectivity index (χ2v) is 5.89. The summed E-state index contributed by atoms with van der Waals surface area (Å²) in [5.74, 6) is -0.247. The third kappa shape index (κ3) is 3.77. The molecule has 2 aromatic rings. The highest BCUT2D eigenvalue weighted by molar-refractivity contribution is 5.97. The molecule has 0 saturated heterocycles. The fraction of sp³-hybridized carbons (Fsp3) is 0.263. The molecule has 0 heterocycles. The van der Waals surface area contributed by atoms with Gasteiger partial charge in [-0.25, -0.2) is 0 Å². The van der Waals surface area contributed by atoms with E-state index in [9.17, 15) is 9.59 Å². The lowest BCUT2D eigenvalue weighted by Gasteiger charge is -2.11. The predicted octanol–water partition coefficient (Wildman–Crippen LogP) is 3.49. The average molecular weight is 309 g/mol. The van der Waals surface area contributed by atoms with E-state index in [0.717, 1.165) is 17.5 Å². The van der Waals surface area contributed by atoms with Crippen molar-refractivity contribution in [1.82, 2.24) is 0 Å². The molecule has 0 unspecified atom stereocenters. The number of hydrogen-bond acceptors (Lipinski definition) is 3. The van der Waals surface area contributed by atoms with Crippen LogP contribution in [0.3, 0.4) is 0 Å². The summed E-state index contributed by atoms with van der Waals surface area (Å²) in [6, 6.07) is 17.4. The van der Waals surface area contributed by atoms with Crippen LogP contribution in [0.15, 0.2) is 54.6 Å². The van der Waals surface area contributed by atoms with Gasteiger partial charge in [-0.2, -0.15) is 0 Å². The number of anilines is 1. The van der Waals surface area contributed by atoms with Gasteiger partial charge < -0.3 is 10.1 Å². The Morgan fingerprint density at radius 3 is 2.43 bits per heavy atom. The predicted molar refractivity (Wildman–Crippen MR) is 88.7 cm³/mol. The summed E-state index contributed by atoms with van der Waals surface area (Å²) in [7, 11) is 0. The summed E-state index contributed by atoms with van der Waals surface area (Å²) >= 11 is 0. The first kappa shape index (κ1) is 15.3. The standard InChI is InChI=1S/C19H19NO3/c1-13-11-16(13)19(22)23-12-18(21)20-17-10-6-5-9-15(17)14-7-3-2-4-8-14/h2-10,13,16H,11-12H2,1H3,(H,20,21)/t13-,16+/m1/s1. The molecule has 4 nitrogen and oxygen atoms in total. The number of carbonyl (C=O) groups excluding carboxylic acids is 2. The molecule has 1 saturated carbocycles. The van der Waals surface area contributed by atoms with E-state index in [2.05, 4.69) is 5.32 Å². The number of carbonyl (C=O) groups is 2. The Hall–Kier alpha value is -2.62. The van der Waals surface area contributed by atoms with Crippen LogP contribution < -0.4 is 5.32 Å². The molecule has 1 aliphatic carbocycles. The number of ether oxygens (including phenoxy) is 1. The molecule has 2 atom stereocenters. The molecule has 2 aromatic carbocycles. The van der Waals surface area contributed by atoms with E-state index >= 15 is 0 Å². The number of amides is 1. The molecule has 1 amide bonds. The number of esters is 1. The largest absolute Gasteiger partial charge is 0.455 e. The van der Waals surface area contributed by atoms with Gasteiger partial charge in [0.15, 0.2) is 6.61 Å². The van der Waals surface area contributed by atoms with E-state index in [4.69, 9.17) is 4.74 Å². The van der Waals surface area contributed by atoms with Gasteiger partial charge >= 0.3 is 5.97 Å². The van der Waals surface area contributed by atoms with E-state index < -0.39 is 0 Å². The Balaban J connectivity index is 1.64. The maximum Gasteiger partial charge on any atom is 0.309 e. The molecule has 0 radical (unpaired) electrons. The van der Waals surface area contributed by atoms with Crippen molar-refractivity contribution in [3.8, 4) is 11.1 Å². The van der Waals surface area contributed by atoms with Crippen molar-refractivity contribution in [3.63, 3.8) is 0 Å². The lowest BCUT2D eigenvalue weighted by Crippen LogP contribution is -2.22. The van der Waals surface area contributed by atoms with Crippen molar-refractivity contribution in [2.75, 3.05) is 11.9 Å². The molecule has 0 aromatic heterocycles. The zero-order chi connectivity index (χ0) is 16.2. The Morgan fingerprint density at radius 2 is 1.74 bits per heavy atom. The fourth-order valence-corrected chi connectivity index (χ4v) is 2.54. The van der Waals surface area contributed by atoms with Crippen molar-refractivity contribution in [2.24, 2.45) is 11.8 Å². The SMILES string of the molecule is C[C@@H]1C[C@@H]1C(=O)OCC(=O)Nc1ccccc1-c1ccccc1. The Bertz CT molecular complexity index is 712. The molecule has 0 aliphatic heterocycles. The number of para-hydroxylation sites is 1.